The lowest BCUT2D eigenvalue weighted by Crippen LogP contribution is -2.49. The highest BCUT2D eigenvalue weighted by Gasteiger charge is 2.43. The van der Waals surface area contributed by atoms with Crippen molar-refractivity contribution >= 4 is 5.91 Å². The van der Waals surface area contributed by atoms with Crippen LogP contribution in [0.4, 0.5) is 0 Å². The summed E-state index contributed by atoms with van der Waals surface area (Å²) in [6.07, 6.45) is 5.89. The molecule has 4 rings (SSSR count). The Morgan fingerprint density at radius 2 is 2.15 bits per heavy atom. The maximum atomic E-state index is 12.8. The van der Waals surface area contributed by atoms with Gasteiger partial charge in [-0.3, -0.25) is 14.7 Å². The first-order chi connectivity index (χ1) is 12.7. The average molecular weight is 359 g/mol. The monoisotopic (exact) mass is 359 g/mol. The van der Waals surface area contributed by atoms with E-state index in [1.807, 2.05) is 25.2 Å². The van der Waals surface area contributed by atoms with Crippen molar-refractivity contribution in [3.05, 3.63) is 30.1 Å². The van der Waals surface area contributed by atoms with E-state index in [-0.39, 0.29) is 18.1 Å². The Kier molecular flexibility index (Phi) is 5.52. The van der Waals surface area contributed by atoms with Crippen molar-refractivity contribution in [2.24, 2.45) is 5.92 Å². The van der Waals surface area contributed by atoms with E-state index in [0.29, 0.717) is 18.5 Å². The van der Waals surface area contributed by atoms with Gasteiger partial charge in [0, 0.05) is 39.0 Å². The number of amides is 1. The average Bonchev–Trinajstić information content (AvgIpc) is 3.12. The van der Waals surface area contributed by atoms with Gasteiger partial charge in [-0.05, 0) is 50.3 Å². The molecular weight excluding hydrogens is 330 g/mol. The maximum absolute atomic E-state index is 12.8. The predicted octanol–water partition coefficient (Wildman–Crippen LogP) is 1.70. The van der Waals surface area contributed by atoms with E-state index in [1.54, 1.807) is 11.1 Å². The minimum absolute atomic E-state index is 0.0858. The summed E-state index contributed by atoms with van der Waals surface area (Å²) >= 11 is 0. The molecule has 3 atom stereocenters. The number of likely N-dealkylation sites (N-methyl/N-ethyl adjacent to an activating group) is 1. The van der Waals surface area contributed by atoms with Crippen molar-refractivity contribution in [1.82, 2.24) is 14.8 Å². The van der Waals surface area contributed by atoms with Crippen molar-refractivity contribution < 1.29 is 14.3 Å². The van der Waals surface area contributed by atoms with Crippen LogP contribution in [0.1, 0.15) is 31.4 Å². The van der Waals surface area contributed by atoms with Gasteiger partial charge in [0.2, 0.25) is 0 Å². The second-order valence-electron chi connectivity index (χ2n) is 7.80. The first kappa shape index (κ1) is 17.9. The fraction of sp³-hybridized carbons (Fsp3) is 0.700. The molecule has 3 saturated heterocycles. The highest BCUT2D eigenvalue weighted by Crippen LogP contribution is 2.35. The number of pyridine rings is 1. The summed E-state index contributed by atoms with van der Waals surface area (Å²) in [5, 5.41) is 0. The van der Waals surface area contributed by atoms with Gasteiger partial charge in [-0.1, -0.05) is 6.07 Å². The fourth-order valence-electron chi connectivity index (χ4n) is 4.55. The lowest BCUT2D eigenvalue weighted by Gasteiger charge is -2.40. The van der Waals surface area contributed by atoms with Crippen molar-refractivity contribution in [1.29, 1.82) is 0 Å². The molecule has 3 fully saturated rings. The minimum Gasteiger partial charge on any atom is -0.381 e. The predicted molar refractivity (Wildman–Crippen MR) is 97.5 cm³/mol. The number of carbonyl (C=O) groups is 1. The van der Waals surface area contributed by atoms with Crippen LogP contribution in [-0.2, 0) is 20.8 Å². The molecule has 0 aromatic carbocycles. The molecule has 1 aromatic heterocycles. The van der Waals surface area contributed by atoms with Crippen LogP contribution >= 0.6 is 0 Å². The third-order valence-corrected chi connectivity index (χ3v) is 6.07. The van der Waals surface area contributed by atoms with Gasteiger partial charge in [-0.25, -0.2) is 0 Å². The van der Waals surface area contributed by atoms with Gasteiger partial charge in [-0.15, -0.1) is 0 Å². The SMILES string of the molecule is CN(Cc1ccccn1)C(=O)[C@@H]1C[C@H]2CCN(C3CCOCC3)C[C@@H]2O1. The standard InChI is InChI=1S/C20H29N3O3/c1-22(13-16-4-2-3-8-21-16)20(24)18-12-15-5-9-23(14-19(15)26-18)17-6-10-25-11-7-17/h2-4,8,15,17-19H,5-7,9-14H2,1H3/t15-,18+,19+/m1/s1. The Morgan fingerprint density at radius 3 is 2.92 bits per heavy atom. The van der Waals surface area contributed by atoms with Crippen LogP contribution in [0.3, 0.4) is 0 Å². The number of ether oxygens (including phenoxy) is 2. The molecule has 3 aliphatic heterocycles. The molecule has 6 heteroatoms. The molecule has 1 aromatic rings. The van der Waals surface area contributed by atoms with Gasteiger partial charge in [0.15, 0.2) is 0 Å². The second kappa shape index (κ2) is 8.03. The summed E-state index contributed by atoms with van der Waals surface area (Å²) in [6, 6.07) is 6.41. The zero-order chi connectivity index (χ0) is 17.9. The first-order valence-corrected chi connectivity index (χ1v) is 9.83. The molecule has 6 nitrogen and oxygen atoms in total. The van der Waals surface area contributed by atoms with Crippen molar-refractivity contribution in [2.45, 2.75) is 50.5 Å². The van der Waals surface area contributed by atoms with Crippen LogP contribution in [-0.4, -0.2) is 72.3 Å². The van der Waals surface area contributed by atoms with E-state index in [1.165, 1.54) is 0 Å². The Hall–Kier alpha value is -1.50. The van der Waals surface area contributed by atoms with E-state index in [0.717, 1.165) is 57.7 Å². The number of fused-ring (bicyclic) bond motifs is 1. The van der Waals surface area contributed by atoms with Crippen LogP contribution in [0.5, 0.6) is 0 Å². The van der Waals surface area contributed by atoms with Gasteiger partial charge < -0.3 is 14.4 Å². The summed E-state index contributed by atoms with van der Waals surface area (Å²) in [5.41, 5.74) is 0.907. The van der Waals surface area contributed by atoms with Crippen LogP contribution in [0.15, 0.2) is 24.4 Å². The summed E-state index contributed by atoms with van der Waals surface area (Å²) in [4.78, 5) is 21.4. The number of rotatable bonds is 4. The van der Waals surface area contributed by atoms with Gasteiger partial charge in [-0.2, -0.15) is 0 Å². The summed E-state index contributed by atoms with van der Waals surface area (Å²) in [5.74, 6) is 0.603. The Balaban J connectivity index is 1.32. The van der Waals surface area contributed by atoms with Crippen LogP contribution in [0.2, 0.25) is 0 Å². The third kappa shape index (κ3) is 3.92. The normalized spacial score (nSPS) is 30.1. The topological polar surface area (TPSA) is 54.9 Å². The third-order valence-electron chi connectivity index (χ3n) is 6.07. The summed E-state index contributed by atoms with van der Waals surface area (Å²) in [7, 11) is 1.84. The molecule has 26 heavy (non-hydrogen) atoms. The van der Waals surface area contributed by atoms with Crippen LogP contribution < -0.4 is 0 Å². The number of likely N-dealkylation sites (tertiary alicyclic amines) is 1. The van der Waals surface area contributed by atoms with Crippen molar-refractivity contribution in [3.63, 3.8) is 0 Å². The van der Waals surface area contributed by atoms with Gasteiger partial charge >= 0.3 is 0 Å². The van der Waals surface area contributed by atoms with E-state index in [2.05, 4.69) is 9.88 Å². The van der Waals surface area contributed by atoms with Crippen molar-refractivity contribution in [2.75, 3.05) is 33.4 Å². The quantitative estimate of drug-likeness (QED) is 0.819. The smallest absolute Gasteiger partial charge is 0.251 e. The Morgan fingerprint density at radius 1 is 1.31 bits per heavy atom. The van der Waals surface area contributed by atoms with Gasteiger partial charge in [0.1, 0.15) is 6.10 Å². The van der Waals surface area contributed by atoms with E-state index >= 15 is 0 Å². The second-order valence-corrected chi connectivity index (χ2v) is 7.80. The molecule has 142 valence electrons. The molecular formula is C20H29N3O3. The first-order valence-electron chi connectivity index (χ1n) is 9.83. The van der Waals surface area contributed by atoms with Crippen LogP contribution in [0.25, 0.3) is 0 Å². The summed E-state index contributed by atoms with van der Waals surface area (Å²) < 4.78 is 11.7. The maximum Gasteiger partial charge on any atom is 0.251 e. The zero-order valence-corrected chi connectivity index (χ0v) is 15.5. The Labute approximate surface area is 155 Å². The lowest BCUT2D eigenvalue weighted by molar-refractivity contribution is -0.143. The fourth-order valence-corrected chi connectivity index (χ4v) is 4.55. The number of nitrogens with zero attached hydrogens (tertiary/aromatic N) is 3. The molecule has 1 amide bonds. The molecule has 0 unspecified atom stereocenters. The lowest BCUT2D eigenvalue weighted by atomic mass is 9.90. The van der Waals surface area contributed by atoms with E-state index in [9.17, 15) is 4.79 Å². The number of aromatic nitrogens is 1. The number of hydrogen-bond donors (Lipinski definition) is 0. The number of carbonyl (C=O) groups excluding carboxylic acids is 1. The highest BCUT2D eigenvalue weighted by atomic mass is 16.5. The van der Waals surface area contributed by atoms with Crippen LogP contribution in [0, 0.1) is 5.92 Å². The molecule has 0 bridgehead atoms. The van der Waals surface area contributed by atoms with Crippen molar-refractivity contribution in [3.8, 4) is 0 Å². The largest absolute Gasteiger partial charge is 0.381 e. The highest BCUT2D eigenvalue weighted by molar-refractivity contribution is 5.81. The zero-order valence-electron chi connectivity index (χ0n) is 15.5. The molecule has 0 saturated carbocycles. The molecule has 0 aliphatic carbocycles. The Bertz CT molecular complexity index is 606. The van der Waals surface area contributed by atoms with Gasteiger partial charge in [0.05, 0.1) is 18.3 Å². The van der Waals surface area contributed by atoms with E-state index < -0.39 is 0 Å². The molecule has 0 radical (unpaired) electrons. The van der Waals surface area contributed by atoms with E-state index in [4.69, 9.17) is 9.47 Å². The number of hydrogen-bond acceptors (Lipinski definition) is 5. The molecule has 0 N–H and O–H groups in total. The molecule has 3 aliphatic rings. The minimum atomic E-state index is -0.298. The van der Waals surface area contributed by atoms with Gasteiger partial charge in [0.25, 0.3) is 5.91 Å². The summed E-state index contributed by atoms with van der Waals surface area (Å²) in [6.45, 7) is 4.36. The molecule has 4 heterocycles. The number of piperidine rings is 1. The molecule has 0 spiro atoms.